The summed E-state index contributed by atoms with van der Waals surface area (Å²) in [6, 6.07) is 10.4. The van der Waals surface area contributed by atoms with E-state index in [1.54, 1.807) is 4.90 Å². The van der Waals surface area contributed by atoms with Crippen LogP contribution in [0.1, 0.15) is 30.9 Å². The molecular weight excluding hydrogens is 270 g/mol. The number of nitrogens with zero attached hydrogens (tertiary/aromatic N) is 1. The molecule has 0 aromatic heterocycles. The predicted octanol–water partition coefficient (Wildman–Crippen LogP) is 1.59. The number of rotatable bonds is 3. The molecule has 0 unspecified atom stereocenters. The van der Waals surface area contributed by atoms with Crippen LogP contribution in [-0.4, -0.2) is 35.1 Å². The lowest BCUT2D eigenvalue weighted by atomic mass is 10.0. The van der Waals surface area contributed by atoms with Gasteiger partial charge in [-0.05, 0) is 37.2 Å². The molecule has 0 bridgehead atoms. The van der Waals surface area contributed by atoms with Gasteiger partial charge < -0.3 is 10.6 Å². The van der Waals surface area contributed by atoms with Crippen LogP contribution in [0, 0.1) is 0 Å². The van der Waals surface area contributed by atoms with E-state index < -0.39 is 0 Å². The maximum atomic E-state index is 12.3. The van der Waals surface area contributed by atoms with Gasteiger partial charge >= 0.3 is 0 Å². The lowest BCUT2D eigenvalue weighted by molar-refractivity contribution is -0.129. The summed E-state index contributed by atoms with van der Waals surface area (Å²) in [6.45, 7) is 1.73. The molecule has 0 saturated carbocycles. The van der Waals surface area contributed by atoms with Crippen molar-refractivity contribution >= 4 is 23.2 Å². The Bertz CT molecular complexity index is 481. The smallest absolute Gasteiger partial charge is 0.231 e. The fourth-order valence-corrected chi connectivity index (χ4v) is 3.20. The average Bonchev–Trinajstić information content (AvgIpc) is 2.97. The molecule has 1 amide bonds. The van der Waals surface area contributed by atoms with Crippen LogP contribution in [0.3, 0.4) is 0 Å². The highest BCUT2D eigenvalue weighted by molar-refractivity contribution is 7.80. The van der Waals surface area contributed by atoms with Gasteiger partial charge in [-0.1, -0.05) is 30.3 Å². The first-order valence-electron chi connectivity index (χ1n) is 7.13. The Balaban J connectivity index is 1.67. The Morgan fingerprint density at radius 3 is 2.75 bits per heavy atom. The third-order valence-electron chi connectivity index (χ3n) is 3.99. The van der Waals surface area contributed by atoms with E-state index in [0.717, 1.165) is 18.5 Å². The summed E-state index contributed by atoms with van der Waals surface area (Å²) in [4.78, 5) is 14.1. The van der Waals surface area contributed by atoms with Gasteiger partial charge in [0.15, 0.2) is 5.11 Å². The molecule has 2 aliphatic rings. The minimum Gasteiger partial charge on any atom is -0.355 e. The summed E-state index contributed by atoms with van der Waals surface area (Å²) >= 11 is 5.38. The fraction of sp³-hybridized carbons (Fsp3) is 0.467. The Kier molecular flexibility index (Phi) is 3.98. The molecule has 0 aliphatic carbocycles. The summed E-state index contributed by atoms with van der Waals surface area (Å²) in [5.74, 6) is 0.122. The first kappa shape index (κ1) is 13.5. The van der Waals surface area contributed by atoms with Crippen molar-refractivity contribution in [2.24, 2.45) is 0 Å². The zero-order valence-corrected chi connectivity index (χ0v) is 12.2. The van der Waals surface area contributed by atoms with Crippen molar-refractivity contribution in [3.63, 3.8) is 0 Å². The Hall–Kier alpha value is -1.46. The number of hydrogen-bond donors (Lipinski definition) is 2. The lowest BCUT2D eigenvalue weighted by Crippen LogP contribution is -2.54. The van der Waals surface area contributed by atoms with Crippen molar-refractivity contribution in [3.05, 3.63) is 35.9 Å². The van der Waals surface area contributed by atoms with Gasteiger partial charge in [0.2, 0.25) is 5.91 Å². The van der Waals surface area contributed by atoms with Crippen LogP contribution in [0.2, 0.25) is 0 Å². The van der Waals surface area contributed by atoms with Crippen LogP contribution in [-0.2, 0) is 4.79 Å². The number of hydrogen-bond acceptors (Lipinski definition) is 3. The van der Waals surface area contributed by atoms with E-state index in [-0.39, 0.29) is 11.9 Å². The standard InChI is InChI=1S/C15H19N3OS/c19-14-9-13(11-5-2-1-3-6-11)17-15(20)18(14)10-12-7-4-8-16-12/h1-3,5-6,12-13,16H,4,7-10H2,(H,17,20)/t12-,13-/m0/s1. The monoisotopic (exact) mass is 289 g/mol. The van der Waals surface area contributed by atoms with E-state index in [9.17, 15) is 4.79 Å². The van der Waals surface area contributed by atoms with Gasteiger partial charge in [-0.25, -0.2) is 0 Å². The number of nitrogens with one attached hydrogen (secondary N) is 2. The molecule has 4 nitrogen and oxygen atoms in total. The number of thiocarbonyl (C=S) groups is 1. The molecule has 106 valence electrons. The van der Waals surface area contributed by atoms with Crippen LogP contribution < -0.4 is 10.6 Å². The van der Waals surface area contributed by atoms with E-state index >= 15 is 0 Å². The summed E-state index contributed by atoms with van der Waals surface area (Å²) in [5, 5.41) is 7.26. The van der Waals surface area contributed by atoms with Crippen LogP contribution >= 0.6 is 12.2 Å². The van der Waals surface area contributed by atoms with Crippen molar-refractivity contribution in [1.29, 1.82) is 0 Å². The number of benzene rings is 1. The maximum absolute atomic E-state index is 12.3. The summed E-state index contributed by atoms with van der Waals surface area (Å²) in [7, 11) is 0. The van der Waals surface area contributed by atoms with Crippen LogP contribution in [0.4, 0.5) is 0 Å². The van der Waals surface area contributed by atoms with E-state index in [0.29, 0.717) is 24.1 Å². The van der Waals surface area contributed by atoms with Gasteiger partial charge in [0.1, 0.15) is 0 Å². The van der Waals surface area contributed by atoms with E-state index in [1.807, 2.05) is 30.3 Å². The predicted molar refractivity (Wildman–Crippen MR) is 82.3 cm³/mol. The molecule has 2 N–H and O–H groups in total. The van der Waals surface area contributed by atoms with E-state index in [1.165, 1.54) is 6.42 Å². The SMILES string of the molecule is O=C1C[C@@H](c2ccccc2)NC(=S)N1C[C@@H]1CCCN1. The van der Waals surface area contributed by atoms with Crippen molar-refractivity contribution in [3.8, 4) is 0 Å². The third kappa shape index (κ3) is 2.83. The highest BCUT2D eigenvalue weighted by Crippen LogP contribution is 2.23. The van der Waals surface area contributed by atoms with Crippen molar-refractivity contribution in [1.82, 2.24) is 15.5 Å². The van der Waals surface area contributed by atoms with Gasteiger partial charge in [-0.3, -0.25) is 9.69 Å². The molecule has 2 atom stereocenters. The maximum Gasteiger partial charge on any atom is 0.231 e. The molecule has 3 rings (SSSR count). The van der Waals surface area contributed by atoms with Gasteiger partial charge in [0.05, 0.1) is 12.5 Å². The summed E-state index contributed by atoms with van der Waals surface area (Å²) < 4.78 is 0. The molecule has 5 heteroatoms. The molecule has 0 spiro atoms. The first-order valence-corrected chi connectivity index (χ1v) is 7.54. The van der Waals surface area contributed by atoms with Crippen LogP contribution in [0.15, 0.2) is 30.3 Å². The van der Waals surface area contributed by atoms with Gasteiger partial charge in [-0.2, -0.15) is 0 Å². The van der Waals surface area contributed by atoms with Gasteiger partial charge in [-0.15, -0.1) is 0 Å². The second-order valence-corrected chi connectivity index (χ2v) is 5.80. The molecular formula is C15H19N3OS. The Morgan fingerprint density at radius 1 is 1.30 bits per heavy atom. The zero-order valence-electron chi connectivity index (χ0n) is 11.3. The summed E-state index contributed by atoms with van der Waals surface area (Å²) in [5.41, 5.74) is 1.11. The fourth-order valence-electron chi connectivity index (χ4n) is 2.88. The molecule has 20 heavy (non-hydrogen) atoms. The number of amides is 1. The molecule has 2 saturated heterocycles. The van der Waals surface area contributed by atoms with E-state index in [2.05, 4.69) is 10.6 Å². The molecule has 0 radical (unpaired) electrons. The van der Waals surface area contributed by atoms with Crippen molar-refractivity contribution in [2.75, 3.05) is 13.1 Å². The highest BCUT2D eigenvalue weighted by atomic mass is 32.1. The van der Waals surface area contributed by atoms with E-state index in [4.69, 9.17) is 12.2 Å². The summed E-state index contributed by atoms with van der Waals surface area (Å²) in [6.07, 6.45) is 2.77. The highest BCUT2D eigenvalue weighted by Gasteiger charge is 2.32. The third-order valence-corrected chi connectivity index (χ3v) is 4.33. The largest absolute Gasteiger partial charge is 0.355 e. The Labute approximate surface area is 124 Å². The minimum absolute atomic E-state index is 0.00369. The lowest BCUT2D eigenvalue weighted by Gasteiger charge is -2.35. The molecule has 2 heterocycles. The molecule has 2 aliphatic heterocycles. The molecule has 2 fully saturated rings. The zero-order chi connectivity index (χ0) is 13.9. The first-order chi connectivity index (χ1) is 9.74. The average molecular weight is 289 g/mol. The second kappa shape index (κ2) is 5.89. The second-order valence-electron chi connectivity index (χ2n) is 5.41. The minimum atomic E-state index is 0.00369. The number of carbonyl (C=O) groups excluding carboxylic acids is 1. The topological polar surface area (TPSA) is 44.4 Å². The molecule has 1 aromatic rings. The number of carbonyl (C=O) groups is 1. The Morgan fingerprint density at radius 2 is 2.10 bits per heavy atom. The van der Waals surface area contributed by atoms with Crippen molar-refractivity contribution in [2.45, 2.75) is 31.3 Å². The normalized spacial score (nSPS) is 26.7. The van der Waals surface area contributed by atoms with Crippen LogP contribution in [0.5, 0.6) is 0 Å². The van der Waals surface area contributed by atoms with Crippen LogP contribution in [0.25, 0.3) is 0 Å². The van der Waals surface area contributed by atoms with Crippen molar-refractivity contribution < 1.29 is 4.79 Å². The van der Waals surface area contributed by atoms with Gasteiger partial charge in [0, 0.05) is 12.6 Å². The quantitative estimate of drug-likeness (QED) is 0.830. The van der Waals surface area contributed by atoms with Gasteiger partial charge in [0.25, 0.3) is 0 Å². The molecule has 1 aromatic carbocycles.